The highest BCUT2D eigenvalue weighted by molar-refractivity contribution is 6.51. The Balaban J connectivity index is 1.67. The summed E-state index contributed by atoms with van der Waals surface area (Å²) in [7, 11) is 2.97. The van der Waals surface area contributed by atoms with Gasteiger partial charge in [0, 0.05) is 17.3 Å². The maximum absolute atomic E-state index is 13.2. The molecule has 33 heavy (non-hydrogen) atoms. The van der Waals surface area contributed by atoms with Gasteiger partial charge in [-0.15, -0.1) is 0 Å². The number of ketones is 1. The van der Waals surface area contributed by atoms with Gasteiger partial charge in [-0.2, -0.15) is 0 Å². The lowest BCUT2D eigenvalue weighted by Gasteiger charge is -2.24. The second kappa shape index (κ2) is 7.94. The Bertz CT molecular complexity index is 1280. The molecule has 1 saturated heterocycles. The number of aliphatic hydroxyl groups is 1. The van der Waals surface area contributed by atoms with Gasteiger partial charge in [0.1, 0.15) is 17.6 Å². The van der Waals surface area contributed by atoms with Crippen molar-refractivity contribution >= 4 is 23.1 Å². The van der Waals surface area contributed by atoms with E-state index in [-0.39, 0.29) is 18.1 Å². The zero-order valence-corrected chi connectivity index (χ0v) is 17.7. The van der Waals surface area contributed by atoms with Crippen LogP contribution in [0.5, 0.6) is 23.0 Å². The largest absolute Gasteiger partial charge is 0.507 e. The van der Waals surface area contributed by atoms with Crippen LogP contribution >= 0.6 is 0 Å². The van der Waals surface area contributed by atoms with Crippen molar-refractivity contribution < 1.29 is 38.1 Å². The second-order valence-corrected chi connectivity index (χ2v) is 7.29. The summed E-state index contributed by atoms with van der Waals surface area (Å²) in [6, 6.07) is 11.9. The molecule has 1 atom stereocenters. The predicted octanol–water partition coefficient (Wildman–Crippen LogP) is 3.65. The summed E-state index contributed by atoms with van der Waals surface area (Å²) >= 11 is 0. The van der Waals surface area contributed by atoms with Gasteiger partial charge in [0.25, 0.3) is 11.7 Å². The fourth-order valence-corrected chi connectivity index (χ4v) is 3.99. The number of carbonyl (C=O) groups is 2. The zero-order chi connectivity index (χ0) is 23.1. The third-order valence-electron chi connectivity index (χ3n) is 5.55. The fraction of sp³-hybridized carbons (Fsp3) is 0.167. The lowest BCUT2D eigenvalue weighted by Crippen LogP contribution is -2.29. The predicted molar refractivity (Wildman–Crippen MR) is 116 cm³/mol. The maximum Gasteiger partial charge on any atom is 0.300 e. The highest BCUT2D eigenvalue weighted by atomic mass is 16.7. The lowest BCUT2D eigenvalue weighted by molar-refractivity contribution is -0.132. The van der Waals surface area contributed by atoms with E-state index in [1.807, 2.05) is 0 Å². The SMILES string of the molecule is COc1ccc(N2C(=O)C(=O)/C(=C(\O)c3ccc4c(c3)OCO4)C2c2ccco2)cc1OC. The Morgan fingerprint density at radius 3 is 2.52 bits per heavy atom. The van der Waals surface area contributed by atoms with Crippen molar-refractivity contribution in [2.24, 2.45) is 0 Å². The van der Waals surface area contributed by atoms with Gasteiger partial charge in [0.2, 0.25) is 6.79 Å². The van der Waals surface area contributed by atoms with E-state index in [9.17, 15) is 14.7 Å². The Kier molecular flexibility index (Phi) is 4.93. The van der Waals surface area contributed by atoms with Crippen LogP contribution in [0.4, 0.5) is 5.69 Å². The molecule has 3 heterocycles. The number of anilines is 1. The third kappa shape index (κ3) is 3.25. The zero-order valence-electron chi connectivity index (χ0n) is 17.7. The van der Waals surface area contributed by atoms with Crippen LogP contribution in [0.2, 0.25) is 0 Å². The number of hydrogen-bond donors (Lipinski definition) is 1. The van der Waals surface area contributed by atoms with Crippen molar-refractivity contribution in [3.63, 3.8) is 0 Å². The first-order valence-corrected chi connectivity index (χ1v) is 10.00. The molecule has 3 aromatic rings. The normalized spacial score (nSPS) is 18.6. The Hall–Kier alpha value is -4.40. The molecule has 1 amide bonds. The fourth-order valence-electron chi connectivity index (χ4n) is 3.99. The summed E-state index contributed by atoms with van der Waals surface area (Å²) in [5, 5.41) is 11.2. The number of carbonyl (C=O) groups excluding carboxylic acids is 2. The minimum Gasteiger partial charge on any atom is -0.507 e. The molecule has 0 bridgehead atoms. The lowest BCUT2D eigenvalue weighted by atomic mass is 9.99. The third-order valence-corrected chi connectivity index (χ3v) is 5.55. The summed E-state index contributed by atoms with van der Waals surface area (Å²) < 4.78 is 26.9. The van der Waals surface area contributed by atoms with Crippen LogP contribution in [0, 0.1) is 0 Å². The van der Waals surface area contributed by atoms with E-state index in [2.05, 4.69) is 0 Å². The molecule has 0 saturated carbocycles. The van der Waals surface area contributed by atoms with Gasteiger partial charge in [-0.1, -0.05) is 0 Å². The second-order valence-electron chi connectivity index (χ2n) is 7.29. The van der Waals surface area contributed by atoms with Crippen molar-refractivity contribution in [2.45, 2.75) is 6.04 Å². The average Bonchev–Trinajstić information content (AvgIpc) is 3.58. The van der Waals surface area contributed by atoms with Gasteiger partial charge >= 0.3 is 0 Å². The molecule has 1 unspecified atom stereocenters. The smallest absolute Gasteiger partial charge is 0.300 e. The molecule has 9 nitrogen and oxygen atoms in total. The molecular weight excluding hydrogens is 430 g/mol. The topological polar surface area (TPSA) is 108 Å². The van der Waals surface area contributed by atoms with Gasteiger partial charge in [0.15, 0.2) is 23.0 Å². The monoisotopic (exact) mass is 449 g/mol. The minimum absolute atomic E-state index is 0.0651. The number of rotatable bonds is 5. The van der Waals surface area contributed by atoms with Crippen LogP contribution in [0.1, 0.15) is 17.4 Å². The molecule has 0 aliphatic carbocycles. The Morgan fingerprint density at radius 1 is 1.00 bits per heavy atom. The summed E-state index contributed by atoms with van der Waals surface area (Å²) in [5.74, 6) is 0.107. The summed E-state index contributed by atoms with van der Waals surface area (Å²) in [6.45, 7) is 0.0651. The Labute approximate surface area is 188 Å². The molecule has 0 radical (unpaired) electrons. The van der Waals surface area contributed by atoms with E-state index >= 15 is 0 Å². The number of amides is 1. The molecule has 1 fully saturated rings. The van der Waals surface area contributed by atoms with Crippen molar-refractivity contribution in [2.75, 3.05) is 25.9 Å². The van der Waals surface area contributed by atoms with Crippen LogP contribution in [0.15, 0.2) is 64.8 Å². The molecule has 1 N–H and O–H groups in total. The van der Waals surface area contributed by atoms with Crippen LogP contribution < -0.4 is 23.8 Å². The molecule has 0 spiro atoms. The summed E-state index contributed by atoms with van der Waals surface area (Å²) in [4.78, 5) is 27.6. The number of nitrogens with zero attached hydrogens (tertiary/aromatic N) is 1. The van der Waals surface area contributed by atoms with E-state index in [1.54, 1.807) is 48.5 Å². The van der Waals surface area contributed by atoms with Crippen LogP contribution in [0.3, 0.4) is 0 Å². The molecule has 2 aliphatic heterocycles. The number of ether oxygens (including phenoxy) is 4. The van der Waals surface area contributed by atoms with E-state index in [1.165, 1.54) is 25.4 Å². The highest BCUT2D eigenvalue weighted by Crippen LogP contribution is 2.45. The van der Waals surface area contributed by atoms with Gasteiger partial charge in [0.05, 0.1) is 26.1 Å². The number of hydrogen-bond acceptors (Lipinski definition) is 8. The van der Waals surface area contributed by atoms with Crippen molar-refractivity contribution in [3.8, 4) is 23.0 Å². The van der Waals surface area contributed by atoms with Gasteiger partial charge in [-0.3, -0.25) is 14.5 Å². The van der Waals surface area contributed by atoms with E-state index in [4.69, 9.17) is 23.4 Å². The van der Waals surface area contributed by atoms with Gasteiger partial charge in [-0.25, -0.2) is 0 Å². The van der Waals surface area contributed by atoms with E-state index in [0.717, 1.165) is 0 Å². The van der Waals surface area contributed by atoms with Gasteiger partial charge < -0.3 is 28.5 Å². The number of methoxy groups -OCH3 is 2. The quantitative estimate of drug-likeness (QED) is 0.357. The molecule has 9 heteroatoms. The van der Waals surface area contributed by atoms with E-state index in [0.29, 0.717) is 40.0 Å². The maximum atomic E-state index is 13.2. The first-order valence-electron chi connectivity index (χ1n) is 10.00. The number of benzene rings is 2. The van der Waals surface area contributed by atoms with E-state index < -0.39 is 17.7 Å². The van der Waals surface area contributed by atoms with Crippen molar-refractivity contribution in [1.82, 2.24) is 0 Å². The van der Waals surface area contributed by atoms with Gasteiger partial charge in [-0.05, 0) is 42.5 Å². The van der Waals surface area contributed by atoms with Crippen LogP contribution in [0.25, 0.3) is 5.76 Å². The molecule has 2 aromatic carbocycles. The van der Waals surface area contributed by atoms with Crippen molar-refractivity contribution in [3.05, 3.63) is 71.7 Å². The molecule has 5 rings (SSSR count). The standard InChI is InChI=1S/C24H19NO8/c1-29-15-8-6-14(11-18(15)30-2)25-21(17-4-3-9-31-17)20(23(27)24(25)28)22(26)13-5-7-16-19(10-13)33-12-32-16/h3-11,21,26H,12H2,1-2H3/b22-20-. The summed E-state index contributed by atoms with van der Waals surface area (Å²) in [6.07, 6.45) is 1.44. The summed E-state index contributed by atoms with van der Waals surface area (Å²) in [5.41, 5.74) is 0.575. The first kappa shape index (κ1) is 20.5. The first-order chi connectivity index (χ1) is 16.0. The highest BCUT2D eigenvalue weighted by Gasteiger charge is 2.48. The van der Waals surface area contributed by atoms with Crippen LogP contribution in [-0.2, 0) is 9.59 Å². The number of furan rings is 1. The van der Waals surface area contributed by atoms with Crippen LogP contribution in [-0.4, -0.2) is 37.8 Å². The number of fused-ring (bicyclic) bond motifs is 1. The molecular formula is C24H19NO8. The minimum atomic E-state index is -0.997. The molecule has 2 aliphatic rings. The molecule has 1 aromatic heterocycles. The van der Waals surface area contributed by atoms with Crippen molar-refractivity contribution in [1.29, 1.82) is 0 Å². The number of Topliss-reactive ketones (excluding diaryl/α,β-unsaturated/α-hetero) is 1. The average molecular weight is 449 g/mol. The Morgan fingerprint density at radius 2 is 1.79 bits per heavy atom. The number of aliphatic hydroxyl groups excluding tert-OH is 1. The molecule has 168 valence electrons.